The summed E-state index contributed by atoms with van der Waals surface area (Å²) in [6.45, 7) is 2.47. The van der Waals surface area contributed by atoms with E-state index in [0.717, 1.165) is 5.56 Å². The van der Waals surface area contributed by atoms with E-state index < -0.39 is 0 Å². The lowest BCUT2D eigenvalue weighted by molar-refractivity contribution is 0.310. The maximum absolute atomic E-state index is 8.59. The third-order valence-electron chi connectivity index (χ3n) is 2.23. The summed E-state index contributed by atoms with van der Waals surface area (Å²) in [5.74, 6) is 1.34. The van der Waals surface area contributed by atoms with Crippen LogP contribution in [0.2, 0.25) is 0 Å². The third kappa shape index (κ3) is 4.14. The van der Waals surface area contributed by atoms with Crippen molar-refractivity contribution in [1.29, 1.82) is 5.26 Å². The Morgan fingerprint density at radius 1 is 1.41 bits per heavy atom. The highest BCUT2D eigenvalue weighted by molar-refractivity contribution is 5.85. The minimum Gasteiger partial charge on any atom is -0.493 e. The highest BCUT2D eigenvalue weighted by Crippen LogP contribution is 2.30. The molecular formula is C12H17ClN2O2. The Bertz CT molecular complexity index is 391. The van der Waals surface area contributed by atoms with Crippen LogP contribution in [0.4, 0.5) is 0 Å². The maximum Gasteiger partial charge on any atom is 0.161 e. The number of nitrogens with zero attached hydrogens (tertiary/aromatic N) is 1. The van der Waals surface area contributed by atoms with Crippen LogP contribution >= 0.6 is 12.4 Å². The summed E-state index contributed by atoms with van der Waals surface area (Å²) in [6, 6.07) is 7.24. The molecule has 1 aromatic carbocycles. The summed E-state index contributed by atoms with van der Waals surface area (Å²) in [5, 5.41) is 8.59. The van der Waals surface area contributed by atoms with E-state index in [9.17, 15) is 0 Å². The zero-order valence-electron chi connectivity index (χ0n) is 9.97. The second-order valence-electron chi connectivity index (χ2n) is 3.31. The van der Waals surface area contributed by atoms with E-state index in [2.05, 4.69) is 0 Å². The monoisotopic (exact) mass is 256 g/mol. The number of nitriles is 1. The second kappa shape index (κ2) is 7.77. The molecule has 0 fully saturated rings. The largest absolute Gasteiger partial charge is 0.493 e. The molecule has 0 saturated heterocycles. The molecule has 0 radical (unpaired) electrons. The molecular weight excluding hydrogens is 240 g/mol. The molecule has 1 aromatic rings. The molecule has 2 N–H and O–H groups in total. The van der Waals surface area contributed by atoms with Crippen LogP contribution < -0.4 is 15.2 Å². The van der Waals surface area contributed by atoms with Crippen LogP contribution in [0.15, 0.2) is 18.2 Å². The fourth-order valence-corrected chi connectivity index (χ4v) is 1.41. The summed E-state index contributed by atoms with van der Waals surface area (Å²) < 4.78 is 10.6. The molecule has 0 saturated carbocycles. The van der Waals surface area contributed by atoms with Gasteiger partial charge in [0.2, 0.25) is 0 Å². The molecule has 0 aliphatic carbocycles. The molecule has 0 aromatic heterocycles. The van der Waals surface area contributed by atoms with E-state index in [1.807, 2.05) is 25.1 Å². The average molecular weight is 257 g/mol. The highest BCUT2D eigenvalue weighted by Gasteiger charge is 2.10. The maximum atomic E-state index is 8.59. The topological polar surface area (TPSA) is 68.3 Å². The first-order chi connectivity index (χ1) is 7.72. The number of methoxy groups -OCH3 is 1. The van der Waals surface area contributed by atoms with Gasteiger partial charge in [0.25, 0.3) is 0 Å². The van der Waals surface area contributed by atoms with Crippen molar-refractivity contribution in [2.45, 2.75) is 19.4 Å². The highest BCUT2D eigenvalue weighted by atomic mass is 35.5. The van der Waals surface area contributed by atoms with Crippen molar-refractivity contribution < 1.29 is 9.47 Å². The van der Waals surface area contributed by atoms with Gasteiger partial charge >= 0.3 is 0 Å². The lowest BCUT2D eigenvalue weighted by Gasteiger charge is -2.13. The lowest BCUT2D eigenvalue weighted by Crippen LogP contribution is -2.09. The van der Waals surface area contributed by atoms with Gasteiger partial charge in [0, 0.05) is 6.04 Å². The molecule has 1 atom stereocenters. The van der Waals surface area contributed by atoms with E-state index >= 15 is 0 Å². The second-order valence-corrected chi connectivity index (χ2v) is 3.31. The molecule has 0 spiro atoms. The minimum absolute atomic E-state index is 0. The Hall–Kier alpha value is -1.44. The van der Waals surface area contributed by atoms with Crippen molar-refractivity contribution in [2.24, 2.45) is 5.73 Å². The molecule has 1 rings (SSSR count). The van der Waals surface area contributed by atoms with Gasteiger partial charge in [-0.15, -0.1) is 12.4 Å². The van der Waals surface area contributed by atoms with Crippen LogP contribution in [0.5, 0.6) is 11.5 Å². The fourth-order valence-electron chi connectivity index (χ4n) is 1.41. The third-order valence-corrected chi connectivity index (χ3v) is 2.23. The predicted octanol–water partition coefficient (Wildman–Crippen LogP) is 2.43. The Kier molecular flexibility index (Phi) is 7.11. The van der Waals surface area contributed by atoms with E-state index in [4.69, 9.17) is 20.5 Å². The van der Waals surface area contributed by atoms with Crippen molar-refractivity contribution in [2.75, 3.05) is 13.7 Å². The standard InChI is InChI=1S/C12H16N2O2.ClH/c1-3-16-12-8-9(10(14)6-7-13)4-5-11(12)15-2;/h4-5,8,10H,3,6,14H2,1-2H3;1H/t10-;/m1./s1. The van der Waals surface area contributed by atoms with Gasteiger partial charge in [0.05, 0.1) is 26.2 Å². The Morgan fingerprint density at radius 3 is 2.65 bits per heavy atom. The van der Waals surface area contributed by atoms with Gasteiger partial charge < -0.3 is 15.2 Å². The Morgan fingerprint density at radius 2 is 2.12 bits per heavy atom. The van der Waals surface area contributed by atoms with E-state index in [1.54, 1.807) is 13.2 Å². The van der Waals surface area contributed by atoms with Gasteiger partial charge in [0.1, 0.15) is 0 Å². The molecule has 0 bridgehead atoms. The van der Waals surface area contributed by atoms with Gasteiger partial charge in [-0.2, -0.15) is 5.26 Å². The van der Waals surface area contributed by atoms with Crippen LogP contribution in [0.1, 0.15) is 24.9 Å². The van der Waals surface area contributed by atoms with Gasteiger partial charge in [-0.25, -0.2) is 0 Å². The van der Waals surface area contributed by atoms with E-state index in [0.29, 0.717) is 18.1 Å². The number of ether oxygens (including phenoxy) is 2. The van der Waals surface area contributed by atoms with Crippen molar-refractivity contribution in [1.82, 2.24) is 0 Å². The number of hydrogen-bond donors (Lipinski definition) is 1. The Labute approximate surface area is 108 Å². The molecule has 0 heterocycles. The average Bonchev–Trinajstić information content (AvgIpc) is 2.29. The number of rotatable bonds is 5. The van der Waals surface area contributed by atoms with Crippen LogP contribution in [0.25, 0.3) is 0 Å². The molecule has 17 heavy (non-hydrogen) atoms. The molecule has 0 amide bonds. The number of nitrogens with two attached hydrogens (primary N) is 1. The normalized spacial score (nSPS) is 10.9. The van der Waals surface area contributed by atoms with Crippen molar-refractivity contribution in [3.63, 3.8) is 0 Å². The van der Waals surface area contributed by atoms with Crippen molar-refractivity contribution in [3.05, 3.63) is 23.8 Å². The van der Waals surface area contributed by atoms with Crippen LogP contribution in [0, 0.1) is 11.3 Å². The fraction of sp³-hybridized carbons (Fsp3) is 0.417. The van der Waals surface area contributed by atoms with E-state index in [-0.39, 0.29) is 24.9 Å². The molecule has 0 unspecified atom stereocenters. The minimum atomic E-state index is -0.282. The molecule has 4 nitrogen and oxygen atoms in total. The van der Waals surface area contributed by atoms with Gasteiger partial charge in [0.15, 0.2) is 11.5 Å². The quantitative estimate of drug-likeness (QED) is 0.879. The summed E-state index contributed by atoms with van der Waals surface area (Å²) in [7, 11) is 1.59. The number of benzene rings is 1. The molecule has 0 aliphatic rings. The zero-order chi connectivity index (χ0) is 12.0. The molecule has 0 aliphatic heterocycles. The summed E-state index contributed by atoms with van der Waals surface area (Å²) >= 11 is 0. The SMILES string of the molecule is CCOc1cc([C@H](N)CC#N)ccc1OC.Cl. The summed E-state index contributed by atoms with van der Waals surface area (Å²) in [5.41, 5.74) is 6.72. The smallest absolute Gasteiger partial charge is 0.161 e. The van der Waals surface area contributed by atoms with Crippen molar-refractivity contribution in [3.8, 4) is 17.6 Å². The van der Waals surface area contributed by atoms with Gasteiger partial charge in [-0.05, 0) is 24.6 Å². The summed E-state index contributed by atoms with van der Waals surface area (Å²) in [4.78, 5) is 0. The predicted molar refractivity (Wildman–Crippen MR) is 68.6 cm³/mol. The first-order valence-corrected chi connectivity index (χ1v) is 5.16. The van der Waals surface area contributed by atoms with Crippen LogP contribution in [-0.4, -0.2) is 13.7 Å². The van der Waals surface area contributed by atoms with E-state index in [1.165, 1.54) is 0 Å². The molecule has 94 valence electrons. The first kappa shape index (κ1) is 15.6. The number of hydrogen-bond acceptors (Lipinski definition) is 4. The first-order valence-electron chi connectivity index (χ1n) is 5.16. The van der Waals surface area contributed by atoms with Crippen LogP contribution in [-0.2, 0) is 0 Å². The van der Waals surface area contributed by atoms with Crippen molar-refractivity contribution >= 4 is 12.4 Å². The molecule has 5 heteroatoms. The van der Waals surface area contributed by atoms with Gasteiger partial charge in [-0.1, -0.05) is 6.07 Å². The Balaban J connectivity index is 0.00000256. The van der Waals surface area contributed by atoms with Crippen LogP contribution in [0.3, 0.4) is 0 Å². The lowest BCUT2D eigenvalue weighted by atomic mass is 10.0. The summed E-state index contributed by atoms with van der Waals surface area (Å²) in [6.07, 6.45) is 0.290. The van der Waals surface area contributed by atoms with Gasteiger partial charge in [-0.3, -0.25) is 0 Å². The number of halogens is 1. The zero-order valence-corrected chi connectivity index (χ0v) is 10.8.